The van der Waals surface area contributed by atoms with Crippen molar-refractivity contribution < 1.29 is 37.1 Å². The van der Waals surface area contributed by atoms with Crippen LogP contribution in [0.5, 0.6) is 5.75 Å². The maximum absolute atomic E-state index is 12.5. The van der Waals surface area contributed by atoms with Gasteiger partial charge in [-0.3, -0.25) is 14.1 Å². The van der Waals surface area contributed by atoms with E-state index < -0.39 is 33.7 Å². The number of hydrogen-bond acceptors (Lipinski definition) is 6. The molecule has 8 nitrogen and oxygen atoms in total. The molecule has 0 radical (unpaired) electrons. The molecule has 0 aliphatic rings. The van der Waals surface area contributed by atoms with Crippen molar-refractivity contribution in [2.45, 2.75) is 25.5 Å². The van der Waals surface area contributed by atoms with Crippen LogP contribution in [0.2, 0.25) is 0 Å². The Bertz CT molecular complexity index is 1360. The Balaban J connectivity index is 0.000000976. The van der Waals surface area contributed by atoms with Crippen molar-refractivity contribution in [2.75, 3.05) is 13.2 Å². The average Bonchev–Trinajstić information content (AvgIpc) is 2.91. The molecule has 3 aromatic rings. The summed E-state index contributed by atoms with van der Waals surface area (Å²) in [7, 11) is -4.99. The molecule has 0 aliphatic carbocycles. The summed E-state index contributed by atoms with van der Waals surface area (Å²) in [6.07, 6.45) is 6.06. The molecular formula is C30H32O8S. The molecule has 0 bridgehead atoms. The van der Waals surface area contributed by atoms with E-state index in [0.717, 1.165) is 24.3 Å². The van der Waals surface area contributed by atoms with E-state index in [1.54, 1.807) is 24.3 Å². The van der Waals surface area contributed by atoms with Crippen molar-refractivity contribution >= 4 is 46.4 Å². The first-order valence-corrected chi connectivity index (χ1v) is 13.7. The molecule has 0 fully saturated rings. The van der Waals surface area contributed by atoms with Crippen molar-refractivity contribution in [3.63, 3.8) is 0 Å². The van der Waals surface area contributed by atoms with E-state index in [9.17, 15) is 22.6 Å². The van der Waals surface area contributed by atoms with E-state index in [-0.39, 0.29) is 5.75 Å². The normalized spacial score (nSPS) is 12.1. The molecule has 0 amide bonds. The number of benzene rings is 3. The molecule has 2 N–H and O–H groups in total. The monoisotopic (exact) mass is 552 g/mol. The van der Waals surface area contributed by atoms with E-state index >= 15 is 0 Å². The van der Waals surface area contributed by atoms with Gasteiger partial charge in [0.2, 0.25) is 0 Å². The van der Waals surface area contributed by atoms with Gasteiger partial charge in [0.15, 0.2) is 5.25 Å². The van der Waals surface area contributed by atoms with Crippen molar-refractivity contribution in [1.29, 1.82) is 0 Å². The summed E-state index contributed by atoms with van der Waals surface area (Å²) in [6, 6.07) is 23.8. The summed E-state index contributed by atoms with van der Waals surface area (Å²) >= 11 is 0. The van der Waals surface area contributed by atoms with Crippen molar-refractivity contribution in [1.82, 2.24) is 0 Å². The first kappa shape index (κ1) is 31.2. The summed E-state index contributed by atoms with van der Waals surface area (Å²) in [5, 5.41) is 6.70. The zero-order valence-corrected chi connectivity index (χ0v) is 22.6. The van der Waals surface area contributed by atoms with Crippen LogP contribution in [0.1, 0.15) is 42.5 Å². The summed E-state index contributed by atoms with van der Waals surface area (Å²) < 4.78 is 42.6. The van der Waals surface area contributed by atoms with Crippen molar-refractivity contribution in [2.24, 2.45) is 0 Å². The molecule has 0 heterocycles. The van der Waals surface area contributed by atoms with Crippen LogP contribution in [0.4, 0.5) is 0 Å². The van der Waals surface area contributed by atoms with E-state index in [2.05, 4.69) is 0 Å². The quantitative estimate of drug-likeness (QED) is 0.134. The highest BCUT2D eigenvalue weighted by Gasteiger charge is 2.35. The fraction of sp³-hybridized carbons (Fsp3) is 0.200. The topological polar surface area (TPSA) is 127 Å². The Kier molecular flexibility index (Phi) is 12.8. The second-order valence-corrected chi connectivity index (χ2v) is 9.65. The number of esters is 1. The minimum Gasteiger partial charge on any atom is -0.481 e. The van der Waals surface area contributed by atoms with Gasteiger partial charge < -0.3 is 14.6 Å². The summed E-state index contributed by atoms with van der Waals surface area (Å²) in [5.74, 6) is -2.93. The maximum Gasteiger partial charge on any atom is 0.332 e. The molecule has 39 heavy (non-hydrogen) atoms. The van der Waals surface area contributed by atoms with E-state index in [1.165, 1.54) is 6.07 Å². The molecule has 1 unspecified atom stereocenters. The molecule has 3 rings (SSSR count). The Morgan fingerprint density at radius 1 is 0.795 bits per heavy atom. The minimum absolute atomic E-state index is 0.0198. The number of rotatable bonds is 11. The Labute approximate surface area is 229 Å². The standard InChI is InChI=1S/C26H22O7S.C4H10O/c27-25(28)18-24(34(30,31)32)26(29)33-23-13-7-12-21(16-14-19-8-3-1-4-9-19)22(23)17-15-20-10-5-2-6-11-20;1-3-5-4-2/h1-17,24H,18H2,(H,27,28)(H,30,31,32);3-4H2,1-2H3/b16-14+,17-15+;. The number of ether oxygens (including phenoxy) is 2. The first-order chi connectivity index (χ1) is 18.7. The molecule has 3 aromatic carbocycles. The van der Waals surface area contributed by atoms with E-state index in [4.69, 9.17) is 14.6 Å². The van der Waals surface area contributed by atoms with Gasteiger partial charge in [-0.25, -0.2) is 0 Å². The highest BCUT2D eigenvalue weighted by atomic mass is 32.2. The van der Waals surface area contributed by atoms with E-state index in [1.807, 2.05) is 86.7 Å². The Morgan fingerprint density at radius 3 is 1.79 bits per heavy atom. The van der Waals surface area contributed by atoms with Gasteiger partial charge in [-0.2, -0.15) is 8.42 Å². The third-order valence-electron chi connectivity index (χ3n) is 5.20. The number of carbonyl (C=O) groups excluding carboxylic acids is 1. The summed E-state index contributed by atoms with van der Waals surface area (Å²) in [6.45, 7) is 5.67. The summed E-state index contributed by atoms with van der Waals surface area (Å²) in [4.78, 5) is 23.6. The number of carbonyl (C=O) groups is 2. The van der Waals surface area contributed by atoms with Crippen LogP contribution in [0.15, 0.2) is 78.9 Å². The Hall–Kier alpha value is -4.05. The predicted molar refractivity (Wildman–Crippen MR) is 153 cm³/mol. The number of aliphatic carboxylic acids is 1. The molecule has 0 aromatic heterocycles. The average molecular weight is 553 g/mol. The predicted octanol–water partition coefficient (Wildman–Crippen LogP) is 5.71. The van der Waals surface area contributed by atoms with Crippen molar-refractivity contribution in [3.8, 4) is 5.75 Å². The first-order valence-electron chi connectivity index (χ1n) is 12.2. The minimum atomic E-state index is -4.99. The molecule has 0 spiro atoms. The van der Waals surface area contributed by atoms with Crippen LogP contribution < -0.4 is 4.74 Å². The smallest absolute Gasteiger partial charge is 0.332 e. The molecule has 0 aliphatic heterocycles. The molecule has 9 heteroatoms. The van der Waals surface area contributed by atoms with Crippen LogP contribution in [-0.4, -0.2) is 48.5 Å². The Morgan fingerprint density at radius 2 is 1.33 bits per heavy atom. The largest absolute Gasteiger partial charge is 0.481 e. The second-order valence-electron chi connectivity index (χ2n) is 8.05. The zero-order chi connectivity index (χ0) is 28.7. The molecular weight excluding hydrogens is 520 g/mol. The molecule has 1 atom stereocenters. The van der Waals surface area contributed by atoms with Crippen LogP contribution in [0.25, 0.3) is 24.3 Å². The van der Waals surface area contributed by atoms with Crippen molar-refractivity contribution in [3.05, 3.63) is 101 Å². The van der Waals surface area contributed by atoms with Gasteiger partial charge in [-0.15, -0.1) is 0 Å². The SMILES string of the molecule is CCOCC.O=C(O)CC(C(=O)Oc1cccc(/C=C/c2ccccc2)c1/C=C/c1ccccc1)S(=O)(=O)O. The van der Waals surface area contributed by atoms with Crippen LogP contribution in [0.3, 0.4) is 0 Å². The lowest BCUT2D eigenvalue weighted by Gasteiger charge is -2.14. The number of carboxylic acids is 1. The fourth-order valence-electron chi connectivity index (χ4n) is 3.31. The molecule has 206 valence electrons. The third-order valence-corrected chi connectivity index (χ3v) is 6.28. The fourth-order valence-corrected chi connectivity index (χ4v) is 3.96. The van der Waals surface area contributed by atoms with Gasteiger partial charge in [-0.1, -0.05) is 97.1 Å². The lowest BCUT2D eigenvalue weighted by atomic mass is 10.0. The lowest BCUT2D eigenvalue weighted by molar-refractivity contribution is -0.142. The van der Waals surface area contributed by atoms with Gasteiger partial charge in [0.1, 0.15) is 5.75 Å². The van der Waals surface area contributed by atoms with Crippen LogP contribution in [-0.2, 0) is 24.4 Å². The number of hydrogen-bond donors (Lipinski definition) is 2. The third kappa shape index (κ3) is 11.1. The van der Waals surface area contributed by atoms with Gasteiger partial charge >= 0.3 is 11.9 Å². The molecule has 0 saturated heterocycles. The van der Waals surface area contributed by atoms with Crippen LogP contribution >= 0.6 is 0 Å². The van der Waals surface area contributed by atoms with Gasteiger partial charge in [0.25, 0.3) is 10.1 Å². The van der Waals surface area contributed by atoms with Gasteiger partial charge in [0.05, 0.1) is 6.42 Å². The lowest BCUT2D eigenvalue weighted by Crippen LogP contribution is -2.35. The van der Waals surface area contributed by atoms with Gasteiger partial charge in [-0.05, 0) is 36.6 Å². The number of carboxylic acid groups (broad SMARTS) is 1. The highest BCUT2D eigenvalue weighted by molar-refractivity contribution is 7.87. The maximum atomic E-state index is 12.5. The molecule has 0 saturated carbocycles. The second kappa shape index (κ2) is 16.0. The van der Waals surface area contributed by atoms with Crippen LogP contribution in [0, 0.1) is 0 Å². The van der Waals surface area contributed by atoms with Gasteiger partial charge in [0, 0.05) is 18.8 Å². The zero-order valence-electron chi connectivity index (χ0n) is 21.8. The highest BCUT2D eigenvalue weighted by Crippen LogP contribution is 2.28. The van der Waals surface area contributed by atoms with E-state index in [0.29, 0.717) is 11.1 Å². The summed E-state index contributed by atoms with van der Waals surface area (Å²) in [5.41, 5.74) is 2.96.